The minimum absolute atomic E-state index is 0.103. The molecule has 1 aromatic heterocycles. The van der Waals surface area contributed by atoms with Crippen LogP contribution in [0.15, 0.2) is 76.6 Å². The quantitative estimate of drug-likeness (QED) is 0.138. The highest BCUT2D eigenvalue weighted by molar-refractivity contribution is 8.18. The van der Waals surface area contributed by atoms with Gasteiger partial charge in [-0.1, -0.05) is 6.07 Å². The minimum atomic E-state index is -0.722. The molecule has 5 rings (SSSR count). The summed E-state index contributed by atoms with van der Waals surface area (Å²) >= 11 is 1.29. The average Bonchev–Trinajstić information content (AvgIpc) is 3.40. The third-order valence-electron chi connectivity index (χ3n) is 6.52. The zero-order valence-corrected chi connectivity index (χ0v) is 23.9. The fraction of sp³-hybridized carbons (Fsp3) is 0.133. The van der Waals surface area contributed by atoms with E-state index in [1.54, 1.807) is 24.3 Å². The number of rotatable bonds is 7. The van der Waals surface area contributed by atoms with Gasteiger partial charge in [-0.05, 0) is 111 Å². The van der Waals surface area contributed by atoms with Gasteiger partial charge in [-0.15, -0.1) is 0 Å². The summed E-state index contributed by atoms with van der Waals surface area (Å²) in [6.07, 6.45) is 1.84. The highest BCUT2D eigenvalue weighted by Gasteiger charge is 2.25. The number of carbonyl (C=O) groups is 1. The number of non-ortho nitro benzene ring substituents is 1. The molecule has 4 aromatic rings. The number of thioether (sulfide) groups is 1. The van der Waals surface area contributed by atoms with Crippen molar-refractivity contribution >= 4 is 46.0 Å². The van der Waals surface area contributed by atoms with Crippen molar-refractivity contribution in [2.24, 2.45) is 4.99 Å². The number of ether oxygens (including phenoxy) is 1. The third-order valence-corrected chi connectivity index (χ3v) is 7.43. The van der Waals surface area contributed by atoms with E-state index in [1.165, 1.54) is 17.8 Å². The van der Waals surface area contributed by atoms with E-state index in [0.29, 0.717) is 15.8 Å². The van der Waals surface area contributed by atoms with Crippen LogP contribution in [0.3, 0.4) is 0 Å². The van der Waals surface area contributed by atoms with E-state index in [4.69, 9.17) is 4.74 Å². The molecule has 12 heteroatoms. The van der Waals surface area contributed by atoms with Crippen molar-refractivity contribution in [3.05, 3.63) is 120 Å². The predicted molar refractivity (Wildman–Crippen MR) is 162 cm³/mol. The summed E-state index contributed by atoms with van der Waals surface area (Å²) in [6, 6.07) is 18.1. The molecule has 0 radical (unpaired) electrons. The molecule has 1 fully saturated rings. The van der Waals surface area contributed by atoms with E-state index in [0.717, 1.165) is 51.6 Å². The second-order valence-corrected chi connectivity index (χ2v) is 10.8. The lowest BCUT2D eigenvalue weighted by atomic mass is 10.1. The first-order valence-electron chi connectivity index (χ1n) is 12.8. The first kappa shape index (κ1) is 28.3. The highest BCUT2D eigenvalue weighted by Crippen LogP contribution is 2.35. The summed E-state index contributed by atoms with van der Waals surface area (Å²) in [5.41, 5.74) is 5.62. The van der Waals surface area contributed by atoms with E-state index in [9.17, 15) is 25.0 Å². The van der Waals surface area contributed by atoms with Crippen LogP contribution in [0, 0.1) is 47.9 Å². The number of amides is 1. The van der Waals surface area contributed by atoms with Gasteiger partial charge in [0.25, 0.3) is 11.6 Å². The first-order valence-corrected chi connectivity index (χ1v) is 13.6. The zero-order chi connectivity index (χ0) is 30.1. The molecular weight excluding hydrogens is 558 g/mol. The van der Waals surface area contributed by atoms with Crippen molar-refractivity contribution in [1.29, 1.82) is 0 Å². The minimum Gasteiger partial charge on any atom is -0.450 e. The van der Waals surface area contributed by atoms with Crippen molar-refractivity contribution in [1.82, 2.24) is 9.88 Å². The van der Waals surface area contributed by atoms with Crippen molar-refractivity contribution in [3.63, 3.8) is 0 Å². The fourth-order valence-corrected chi connectivity index (χ4v) is 5.56. The fourth-order valence-electron chi connectivity index (χ4n) is 4.72. The van der Waals surface area contributed by atoms with E-state index < -0.39 is 21.2 Å². The Morgan fingerprint density at radius 1 is 0.905 bits per heavy atom. The molecule has 2 heterocycles. The first-order chi connectivity index (χ1) is 20.0. The number of benzene rings is 3. The van der Waals surface area contributed by atoms with Crippen LogP contribution in [-0.2, 0) is 4.79 Å². The summed E-state index contributed by atoms with van der Waals surface area (Å²) in [5, 5.41) is 25.8. The molecule has 42 heavy (non-hydrogen) atoms. The number of nitro groups is 2. The number of hydrogen-bond acceptors (Lipinski definition) is 8. The predicted octanol–water partition coefficient (Wildman–Crippen LogP) is 7.21. The monoisotopic (exact) mass is 583 g/mol. The number of aryl methyl sites for hydroxylation is 3. The Labute approximate surface area is 244 Å². The van der Waals surface area contributed by atoms with Gasteiger partial charge in [-0.2, -0.15) is 0 Å². The van der Waals surface area contributed by atoms with Crippen molar-refractivity contribution in [2.45, 2.75) is 27.7 Å². The Kier molecular flexibility index (Phi) is 7.64. The number of amidine groups is 1. The van der Waals surface area contributed by atoms with Crippen LogP contribution >= 0.6 is 11.8 Å². The summed E-state index contributed by atoms with van der Waals surface area (Å²) in [6.45, 7) is 7.91. The van der Waals surface area contributed by atoms with Gasteiger partial charge in [0.15, 0.2) is 5.17 Å². The second kappa shape index (κ2) is 11.3. The third kappa shape index (κ3) is 5.93. The number of nitro benzene ring substituents is 2. The van der Waals surface area contributed by atoms with Crippen LogP contribution in [0.1, 0.15) is 28.1 Å². The summed E-state index contributed by atoms with van der Waals surface area (Å²) in [7, 11) is 0. The zero-order valence-electron chi connectivity index (χ0n) is 23.1. The molecule has 0 aliphatic carbocycles. The molecule has 1 aliphatic heterocycles. The number of aliphatic imine (C=N–C) groups is 1. The summed E-state index contributed by atoms with van der Waals surface area (Å²) in [4.78, 5) is 38.9. The van der Waals surface area contributed by atoms with E-state index in [2.05, 4.69) is 16.4 Å². The van der Waals surface area contributed by atoms with E-state index in [1.807, 2.05) is 56.5 Å². The molecule has 0 spiro atoms. The normalized spacial score (nSPS) is 14.8. The molecule has 0 atom stereocenters. The summed E-state index contributed by atoms with van der Waals surface area (Å²) in [5.74, 6) is 0.0123. The largest absolute Gasteiger partial charge is 0.450 e. The van der Waals surface area contributed by atoms with Gasteiger partial charge in [-0.25, -0.2) is 4.99 Å². The molecule has 1 amide bonds. The molecular formula is C30H25N5O6S. The Balaban J connectivity index is 1.37. The Bertz CT molecular complexity index is 1800. The van der Waals surface area contributed by atoms with Gasteiger partial charge < -0.3 is 14.6 Å². The maximum Gasteiger partial charge on any atom is 0.318 e. The lowest BCUT2D eigenvalue weighted by molar-refractivity contribution is -0.394. The van der Waals surface area contributed by atoms with Crippen LogP contribution in [0.25, 0.3) is 11.8 Å². The Morgan fingerprint density at radius 3 is 2.24 bits per heavy atom. The molecule has 212 valence electrons. The molecule has 1 saturated heterocycles. The number of nitrogens with zero attached hydrogens (tertiary/aromatic N) is 4. The second-order valence-electron chi connectivity index (χ2n) is 9.75. The van der Waals surface area contributed by atoms with Crippen LogP contribution in [0.2, 0.25) is 0 Å². The molecule has 11 nitrogen and oxygen atoms in total. The van der Waals surface area contributed by atoms with Gasteiger partial charge in [0, 0.05) is 23.1 Å². The SMILES string of the molecule is Cc1cc(C)cc(N=C2NC(=O)/C(=C/c3cc(C)n(-c4ccc(Oc5ccc([N+](=O)[O-])cc5[N+](=O)[O-])cc4)c3C)S2)c1. The number of hydrogen-bond donors (Lipinski definition) is 1. The Hall–Kier alpha value is -5.23. The van der Waals surface area contributed by atoms with Crippen LogP contribution < -0.4 is 10.1 Å². The van der Waals surface area contributed by atoms with Crippen molar-refractivity contribution in [3.8, 4) is 17.2 Å². The van der Waals surface area contributed by atoms with Gasteiger partial charge in [0.1, 0.15) is 5.75 Å². The van der Waals surface area contributed by atoms with Gasteiger partial charge >= 0.3 is 5.69 Å². The highest BCUT2D eigenvalue weighted by atomic mass is 32.2. The molecule has 0 unspecified atom stereocenters. The average molecular weight is 584 g/mol. The molecule has 1 N–H and O–H groups in total. The summed E-state index contributed by atoms with van der Waals surface area (Å²) < 4.78 is 7.71. The van der Waals surface area contributed by atoms with Crippen LogP contribution in [-0.4, -0.2) is 25.5 Å². The van der Waals surface area contributed by atoms with Gasteiger partial charge in [0.05, 0.1) is 26.5 Å². The van der Waals surface area contributed by atoms with E-state index in [-0.39, 0.29) is 11.7 Å². The van der Waals surface area contributed by atoms with Gasteiger partial charge in [-0.3, -0.25) is 25.0 Å². The smallest absolute Gasteiger partial charge is 0.318 e. The molecule has 3 aromatic carbocycles. The van der Waals surface area contributed by atoms with Crippen LogP contribution in [0.4, 0.5) is 17.1 Å². The maximum atomic E-state index is 12.7. The molecule has 1 aliphatic rings. The topological polar surface area (TPSA) is 142 Å². The molecule has 0 saturated carbocycles. The van der Waals surface area contributed by atoms with Crippen LogP contribution in [0.5, 0.6) is 11.5 Å². The van der Waals surface area contributed by atoms with Crippen molar-refractivity contribution in [2.75, 3.05) is 0 Å². The maximum absolute atomic E-state index is 12.7. The lowest BCUT2D eigenvalue weighted by Gasteiger charge is -2.11. The standard InChI is InChI=1S/C30H25N5O6S/c1-17-11-18(2)13-22(12-17)31-30-32-29(36)28(42-30)15-21-14-19(3)33(20(21)4)23-5-8-25(9-6-23)41-27-10-7-24(34(37)38)16-26(27)35(39)40/h5-16H,1-4H3,(H,31,32,36)/b28-15-. The van der Waals surface area contributed by atoms with Crippen molar-refractivity contribution < 1.29 is 19.4 Å². The number of carbonyl (C=O) groups excluding carboxylic acids is 1. The Morgan fingerprint density at radius 2 is 1.60 bits per heavy atom. The molecule has 0 bridgehead atoms. The lowest BCUT2D eigenvalue weighted by Crippen LogP contribution is -2.19. The van der Waals surface area contributed by atoms with E-state index >= 15 is 0 Å². The number of aromatic nitrogens is 1. The van der Waals surface area contributed by atoms with Gasteiger partial charge in [0.2, 0.25) is 5.75 Å². The number of nitrogens with one attached hydrogen (secondary N) is 1.